The fourth-order valence-corrected chi connectivity index (χ4v) is 10.1. The Morgan fingerprint density at radius 3 is 1.10 bits per heavy atom. The first-order valence-corrected chi connectivity index (χ1v) is 29.2. The molecule has 14 heteroatoms. The van der Waals surface area contributed by atoms with Gasteiger partial charge in [-0.1, -0.05) is 203 Å². The number of carbonyl (C=O) groups excluding carboxylic acids is 4. The van der Waals surface area contributed by atoms with E-state index < -0.39 is 11.9 Å². The Labute approximate surface area is 504 Å². The van der Waals surface area contributed by atoms with Gasteiger partial charge in [0.1, 0.15) is 0 Å². The number of hydrogen-bond acceptors (Lipinski definition) is 10. The highest BCUT2D eigenvalue weighted by molar-refractivity contribution is 6.33. The standard InChI is InChI=1S/2C35H37ClN2O4/c2*1-26-21-27(2)34(36)31-22-30(19-13-5-3-4-6-14-20-41-35(40)33(26)31)37-42-25-32(39)38(23-28-15-9-7-10-16-28)24-29-17-11-8-12-18-29/h2*4,6-13,15-19,21H,3,5,14,20,22-25H2,1-2H3/b6-4+,19-13+,37-30+;6-4+,19-13+,37-30-. The molecule has 8 rings (SSSR count). The van der Waals surface area contributed by atoms with E-state index in [0.29, 0.717) is 96.0 Å². The number of ether oxygens (including phenoxy) is 2. The first-order valence-electron chi connectivity index (χ1n) is 28.5. The smallest absolute Gasteiger partial charge is 0.338 e. The second-order valence-corrected chi connectivity index (χ2v) is 21.4. The highest BCUT2D eigenvalue weighted by Gasteiger charge is 2.25. The van der Waals surface area contributed by atoms with Crippen molar-refractivity contribution in [3.8, 4) is 0 Å². The number of oxime groups is 2. The van der Waals surface area contributed by atoms with E-state index in [0.717, 1.165) is 70.2 Å². The Balaban J connectivity index is 0.000000241. The van der Waals surface area contributed by atoms with Crippen LogP contribution < -0.4 is 0 Å². The summed E-state index contributed by atoms with van der Waals surface area (Å²) < 4.78 is 11.1. The lowest BCUT2D eigenvalue weighted by Crippen LogP contribution is -2.32. The molecule has 436 valence electrons. The molecule has 0 saturated carbocycles. The summed E-state index contributed by atoms with van der Waals surface area (Å²) in [4.78, 5) is 67.8. The topological polar surface area (TPSA) is 136 Å². The number of amides is 2. The van der Waals surface area contributed by atoms with Crippen LogP contribution in [0.4, 0.5) is 0 Å². The molecule has 84 heavy (non-hydrogen) atoms. The van der Waals surface area contributed by atoms with Crippen LogP contribution in [0.3, 0.4) is 0 Å². The zero-order chi connectivity index (χ0) is 59.5. The van der Waals surface area contributed by atoms with Crippen LogP contribution in [0.5, 0.6) is 0 Å². The lowest BCUT2D eigenvalue weighted by Gasteiger charge is -2.22. The normalized spacial score (nSPS) is 16.5. The second-order valence-electron chi connectivity index (χ2n) is 20.6. The third kappa shape index (κ3) is 19.9. The Bertz CT molecular complexity index is 3040. The van der Waals surface area contributed by atoms with Crippen LogP contribution in [0.1, 0.15) is 115 Å². The third-order valence-corrected chi connectivity index (χ3v) is 15.0. The maximum atomic E-state index is 13.4. The van der Waals surface area contributed by atoms with Crippen molar-refractivity contribution in [3.05, 3.63) is 259 Å². The summed E-state index contributed by atoms with van der Waals surface area (Å²) in [5, 5.41) is 9.72. The molecule has 2 amide bonds. The number of benzene rings is 6. The van der Waals surface area contributed by atoms with Gasteiger partial charge in [0.25, 0.3) is 11.8 Å². The van der Waals surface area contributed by atoms with Gasteiger partial charge in [-0.2, -0.15) is 0 Å². The molecule has 0 fully saturated rings. The molecule has 0 unspecified atom stereocenters. The van der Waals surface area contributed by atoms with Crippen molar-refractivity contribution in [1.82, 2.24) is 9.80 Å². The van der Waals surface area contributed by atoms with E-state index in [1.54, 1.807) is 9.80 Å². The number of carbonyl (C=O) groups is 4. The van der Waals surface area contributed by atoms with Gasteiger partial charge in [0.2, 0.25) is 0 Å². The molecule has 0 aliphatic carbocycles. The number of allylic oxidation sites excluding steroid dienone is 6. The predicted molar refractivity (Wildman–Crippen MR) is 335 cm³/mol. The largest absolute Gasteiger partial charge is 0.462 e. The quantitative estimate of drug-likeness (QED) is 0.0597. The van der Waals surface area contributed by atoms with E-state index in [2.05, 4.69) is 22.5 Å². The van der Waals surface area contributed by atoms with E-state index in [1.165, 1.54) is 0 Å². The van der Waals surface area contributed by atoms with Gasteiger partial charge >= 0.3 is 11.9 Å². The fourth-order valence-electron chi connectivity index (χ4n) is 9.68. The van der Waals surface area contributed by atoms with Gasteiger partial charge in [-0.3, -0.25) is 9.59 Å². The van der Waals surface area contributed by atoms with Crippen LogP contribution in [0, 0.1) is 27.7 Å². The van der Waals surface area contributed by atoms with Crippen molar-refractivity contribution >= 4 is 58.4 Å². The summed E-state index contributed by atoms with van der Waals surface area (Å²) in [5.74, 6) is -1.19. The number of halogens is 2. The maximum absolute atomic E-state index is 13.4. The average Bonchev–Trinajstić information content (AvgIpc) is 3.67. The molecule has 6 aromatic rings. The highest BCUT2D eigenvalue weighted by Crippen LogP contribution is 2.31. The molecular formula is C70H74Cl2N4O8. The minimum atomic E-state index is -0.410. The summed E-state index contributed by atoms with van der Waals surface area (Å²) in [6, 6.07) is 43.2. The number of aryl methyl sites for hydroxylation is 4. The number of fused-ring (bicyclic) bond motifs is 2. The van der Waals surface area contributed by atoms with E-state index in [-0.39, 0.29) is 37.9 Å². The van der Waals surface area contributed by atoms with Gasteiger partial charge in [-0.15, -0.1) is 0 Å². The number of rotatable bonds is 14. The van der Waals surface area contributed by atoms with E-state index in [4.69, 9.17) is 42.4 Å². The summed E-state index contributed by atoms with van der Waals surface area (Å²) in [5.41, 5.74) is 10.7. The zero-order valence-electron chi connectivity index (χ0n) is 48.4. The van der Waals surface area contributed by atoms with Crippen molar-refractivity contribution < 1.29 is 38.3 Å². The first kappa shape index (κ1) is 63.3. The van der Waals surface area contributed by atoms with Crippen molar-refractivity contribution in [2.24, 2.45) is 10.3 Å². The molecule has 0 atom stereocenters. The molecule has 2 aliphatic heterocycles. The molecule has 2 heterocycles. The molecule has 0 spiro atoms. The van der Waals surface area contributed by atoms with E-state index in [9.17, 15) is 19.2 Å². The Morgan fingerprint density at radius 1 is 0.452 bits per heavy atom. The van der Waals surface area contributed by atoms with Crippen LogP contribution in [-0.2, 0) is 67.8 Å². The molecule has 12 nitrogen and oxygen atoms in total. The number of esters is 2. The SMILES string of the molecule is Cc1cc(C)c2c(c1Cl)CC(=N/OCC(=O)N(Cc1ccccc1)Cc1ccccc1)/C=C/CC/C=C/CCOC2=O.Cc1cc(C)c2c(c1Cl)CC(=N\OCC(=O)N(Cc1ccccc1)Cc1ccccc1)/C=C/CC/C=C/CCOC2=O. The van der Waals surface area contributed by atoms with Crippen molar-refractivity contribution in [1.29, 1.82) is 0 Å². The van der Waals surface area contributed by atoms with Crippen molar-refractivity contribution in [2.45, 2.75) is 105 Å². The monoisotopic (exact) mass is 1170 g/mol. The van der Waals surface area contributed by atoms with Gasteiger partial charge in [0, 0.05) is 49.1 Å². The summed E-state index contributed by atoms with van der Waals surface area (Å²) >= 11 is 13.5. The van der Waals surface area contributed by atoms with Gasteiger partial charge in [-0.25, -0.2) is 9.59 Å². The Kier molecular flexibility index (Phi) is 25.4. The molecule has 0 N–H and O–H groups in total. The molecule has 2 aliphatic rings. The van der Waals surface area contributed by atoms with Gasteiger partial charge in [-0.05, 0) is 134 Å². The van der Waals surface area contributed by atoms with Crippen molar-refractivity contribution in [3.63, 3.8) is 0 Å². The van der Waals surface area contributed by atoms with Crippen LogP contribution in [0.25, 0.3) is 0 Å². The molecule has 6 aromatic carbocycles. The molecule has 0 radical (unpaired) electrons. The van der Waals surface area contributed by atoms with Crippen LogP contribution in [-0.4, -0.2) is 71.4 Å². The van der Waals surface area contributed by atoms with Gasteiger partial charge in [0.05, 0.1) is 35.8 Å². The average molecular weight is 1170 g/mol. The molecular weight excluding hydrogens is 1100 g/mol. The van der Waals surface area contributed by atoms with Crippen molar-refractivity contribution in [2.75, 3.05) is 26.4 Å². The predicted octanol–water partition coefficient (Wildman–Crippen LogP) is 15.1. The zero-order valence-corrected chi connectivity index (χ0v) is 50.0. The van der Waals surface area contributed by atoms with Crippen LogP contribution in [0.15, 0.2) is 192 Å². The molecule has 0 saturated heterocycles. The third-order valence-electron chi connectivity index (χ3n) is 13.9. The fraction of sp³-hybridized carbons (Fsp3) is 0.286. The maximum Gasteiger partial charge on any atom is 0.338 e. The van der Waals surface area contributed by atoms with Gasteiger partial charge in [0.15, 0.2) is 13.2 Å². The molecule has 0 bridgehead atoms. The number of hydrogen-bond donors (Lipinski definition) is 0. The Hall–Kier alpha value is -8.32. The minimum absolute atomic E-state index is 0.184. The molecule has 0 aromatic heterocycles. The second kappa shape index (κ2) is 33.7. The van der Waals surface area contributed by atoms with Crippen LogP contribution >= 0.6 is 23.2 Å². The number of cyclic esters (lactones) is 2. The van der Waals surface area contributed by atoms with Gasteiger partial charge < -0.3 is 28.9 Å². The summed E-state index contributed by atoms with van der Waals surface area (Å²) in [6.07, 6.45) is 21.1. The minimum Gasteiger partial charge on any atom is -0.462 e. The summed E-state index contributed by atoms with van der Waals surface area (Å²) in [7, 11) is 0. The lowest BCUT2D eigenvalue weighted by atomic mass is 9.94. The Morgan fingerprint density at radius 2 is 0.762 bits per heavy atom. The van der Waals surface area contributed by atoms with E-state index >= 15 is 0 Å². The first-order chi connectivity index (χ1) is 40.8. The highest BCUT2D eigenvalue weighted by atomic mass is 35.5. The number of nitrogens with zero attached hydrogens (tertiary/aromatic N) is 4. The lowest BCUT2D eigenvalue weighted by molar-refractivity contribution is -0.138. The summed E-state index contributed by atoms with van der Waals surface area (Å²) in [6.45, 7) is 9.51. The van der Waals surface area contributed by atoms with Crippen LogP contribution in [0.2, 0.25) is 10.0 Å². The van der Waals surface area contributed by atoms with E-state index in [1.807, 2.05) is 198 Å².